The van der Waals surface area contributed by atoms with Crippen LogP contribution in [0.5, 0.6) is 11.5 Å². The van der Waals surface area contributed by atoms with Crippen LogP contribution in [-0.4, -0.2) is 11.7 Å². The summed E-state index contributed by atoms with van der Waals surface area (Å²) in [7, 11) is 0. The van der Waals surface area contributed by atoms with E-state index in [0.29, 0.717) is 22.8 Å². The number of benzene rings is 2. The number of hydrogen-bond donors (Lipinski definition) is 2. The minimum absolute atomic E-state index is 0.0697. The Morgan fingerprint density at radius 2 is 2.00 bits per heavy atom. The number of anilines is 1. The third kappa shape index (κ3) is 3.99. The Bertz CT molecular complexity index is 593. The van der Waals surface area contributed by atoms with Crippen LogP contribution in [0.3, 0.4) is 0 Å². The molecule has 0 spiro atoms. The van der Waals surface area contributed by atoms with Gasteiger partial charge in [-0.15, -0.1) is 0 Å². The summed E-state index contributed by atoms with van der Waals surface area (Å²) in [5.74, 6) is 0.183. The number of ether oxygens (including phenoxy) is 1. The van der Waals surface area contributed by atoms with Gasteiger partial charge in [0.05, 0.1) is 0 Å². The van der Waals surface area contributed by atoms with E-state index >= 15 is 0 Å². The SMILES string of the molecule is Oc1ccc(Cl)cc1CNc1cccc(OC(F)F)c1. The zero-order chi connectivity index (χ0) is 14.5. The first kappa shape index (κ1) is 14.4. The largest absolute Gasteiger partial charge is 0.508 e. The molecule has 0 fully saturated rings. The Balaban J connectivity index is 2.05. The maximum atomic E-state index is 12.1. The fourth-order valence-electron chi connectivity index (χ4n) is 1.68. The highest BCUT2D eigenvalue weighted by molar-refractivity contribution is 6.30. The predicted molar refractivity (Wildman–Crippen MR) is 73.5 cm³/mol. The molecule has 0 saturated carbocycles. The second-order valence-corrected chi connectivity index (χ2v) is 4.47. The second-order valence-electron chi connectivity index (χ2n) is 4.03. The first-order valence-corrected chi connectivity index (χ1v) is 6.18. The summed E-state index contributed by atoms with van der Waals surface area (Å²) < 4.78 is 28.5. The Hall–Kier alpha value is -2.01. The van der Waals surface area contributed by atoms with Crippen LogP contribution in [0.2, 0.25) is 5.02 Å². The van der Waals surface area contributed by atoms with E-state index in [4.69, 9.17) is 11.6 Å². The third-order valence-corrected chi connectivity index (χ3v) is 2.82. The molecule has 0 radical (unpaired) electrons. The van der Waals surface area contributed by atoms with Gasteiger partial charge >= 0.3 is 6.61 Å². The Labute approximate surface area is 119 Å². The van der Waals surface area contributed by atoms with E-state index in [1.165, 1.54) is 18.2 Å². The first-order valence-electron chi connectivity index (χ1n) is 5.81. The lowest BCUT2D eigenvalue weighted by Crippen LogP contribution is -2.03. The van der Waals surface area contributed by atoms with Crippen molar-refractivity contribution in [2.24, 2.45) is 0 Å². The number of phenolic OH excluding ortho intramolecular Hbond substituents is 1. The van der Waals surface area contributed by atoms with E-state index in [1.54, 1.807) is 24.3 Å². The van der Waals surface area contributed by atoms with Crippen LogP contribution in [0.15, 0.2) is 42.5 Å². The fourth-order valence-corrected chi connectivity index (χ4v) is 1.87. The van der Waals surface area contributed by atoms with Crippen molar-refractivity contribution in [3.05, 3.63) is 53.1 Å². The van der Waals surface area contributed by atoms with Gasteiger partial charge in [0.25, 0.3) is 0 Å². The molecule has 0 atom stereocenters. The average Bonchev–Trinajstić information content (AvgIpc) is 2.39. The van der Waals surface area contributed by atoms with Gasteiger partial charge in [0.1, 0.15) is 11.5 Å². The van der Waals surface area contributed by atoms with Crippen molar-refractivity contribution in [1.82, 2.24) is 0 Å². The molecule has 106 valence electrons. The Morgan fingerprint density at radius 3 is 2.75 bits per heavy atom. The minimum Gasteiger partial charge on any atom is -0.508 e. The zero-order valence-electron chi connectivity index (χ0n) is 10.3. The standard InChI is InChI=1S/C14H12ClF2NO2/c15-10-4-5-13(19)9(6-10)8-18-11-2-1-3-12(7-11)20-14(16)17/h1-7,14,18-19H,8H2. The number of nitrogens with one attached hydrogen (secondary N) is 1. The van der Waals surface area contributed by atoms with Crippen LogP contribution < -0.4 is 10.1 Å². The van der Waals surface area contributed by atoms with Gasteiger partial charge in [-0.2, -0.15) is 8.78 Å². The summed E-state index contributed by atoms with van der Waals surface area (Å²) in [6.45, 7) is -2.55. The topological polar surface area (TPSA) is 41.5 Å². The molecule has 0 aliphatic heterocycles. The summed E-state index contributed by atoms with van der Waals surface area (Å²) in [4.78, 5) is 0. The quantitative estimate of drug-likeness (QED) is 0.867. The van der Waals surface area contributed by atoms with Crippen molar-refractivity contribution in [3.8, 4) is 11.5 Å². The zero-order valence-corrected chi connectivity index (χ0v) is 11.1. The molecule has 20 heavy (non-hydrogen) atoms. The molecular formula is C14H12ClF2NO2. The van der Waals surface area contributed by atoms with E-state index in [0.717, 1.165) is 0 Å². The van der Waals surface area contributed by atoms with Gasteiger partial charge in [-0.1, -0.05) is 17.7 Å². The number of aromatic hydroxyl groups is 1. The van der Waals surface area contributed by atoms with Crippen molar-refractivity contribution >= 4 is 17.3 Å². The predicted octanol–water partition coefficient (Wildman–Crippen LogP) is 4.26. The molecule has 2 aromatic rings. The van der Waals surface area contributed by atoms with Gasteiger partial charge in [0.2, 0.25) is 0 Å². The smallest absolute Gasteiger partial charge is 0.387 e. The highest BCUT2D eigenvalue weighted by atomic mass is 35.5. The minimum atomic E-state index is -2.86. The average molecular weight is 300 g/mol. The van der Waals surface area contributed by atoms with Crippen molar-refractivity contribution < 1.29 is 18.6 Å². The van der Waals surface area contributed by atoms with Crippen molar-refractivity contribution in [1.29, 1.82) is 0 Å². The normalized spacial score (nSPS) is 10.6. The van der Waals surface area contributed by atoms with Gasteiger partial charge < -0.3 is 15.2 Å². The number of rotatable bonds is 5. The van der Waals surface area contributed by atoms with E-state index in [2.05, 4.69) is 10.1 Å². The van der Waals surface area contributed by atoms with E-state index in [9.17, 15) is 13.9 Å². The third-order valence-electron chi connectivity index (χ3n) is 2.58. The number of hydrogen-bond acceptors (Lipinski definition) is 3. The molecule has 2 aromatic carbocycles. The molecule has 2 N–H and O–H groups in total. The molecule has 0 amide bonds. The van der Waals surface area contributed by atoms with Gasteiger partial charge in [-0.3, -0.25) is 0 Å². The van der Waals surface area contributed by atoms with Crippen LogP contribution in [0, 0.1) is 0 Å². The summed E-state index contributed by atoms with van der Waals surface area (Å²) in [6, 6.07) is 10.9. The number of halogens is 3. The molecule has 0 bridgehead atoms. The summed E-state index contributed by atoms with van der Waals surface area (Å²) in [5, 5.41) is 13.2. The van der Waals surface area contributed by atoms with Crippen LogP contribution in [-0.2, 0) is 6.54 Å². The lowest BCUT2D eigenvalue weighted by molar-refractivity contribution is -0.0498. The lowest BCUT2D eigenvalue weighted by Gasteiger charge is -2.10. The first-order chi connectivity index (χ1) is 9.54. The van der Waals surface area contributed by atoms with Crippen LogP contribution in [0.1, 0.15) is 5.56 Å². The van der Waals surface area contributed by atoms with Gasteiger partial charge in [-0.05, 0) is 30.3 Å². The monoisotopic (exact) mass is 299 g/mol. The van der Waals surface area contributed by atoms with Gasteiger partial charge in [0, 0.05) is 28.9 Å². The molecule has 6 heteroatoms. The summed E-state index contributed by atoms with van der Waals surface area (Å²) in [6.07, 6.45) is 0. The molecule has 3 nitrogen and oxygen atoms in total. The van der Waals surface area contributed by atoms with Crippen LogP contribution in [0.4, 0.5) is 14.5 Å². The van der Waals surface area contributed by atoms with Crippen molar-refractivity contribution in [3.63, 3.8) is 0 Å². The fraction of sp³-hybridized carbons (Fsp3) is 0.143. The molecule has 0 saturated heterocycles. The van der Waals surface area contributed by atoms with Crippen molar-refractivity contribution in [2.75, 3.05) is 5.32 Å². The molecular weight excluding hydrogens is 288 g/mol. The van der Waals surface area contributed by atoms with Gasteiger partial charge in [-0.25, -0.2) is 0 Å². The molecule has 0 heterocycles. The Morgan fingerprint density at radius 1 is 1.20 bits per heavy atom. The van der Waals surface area contributed by atoms with E-state index in [-0.39, 0.29) is 11.5 Å². The van der Waals surface area contributed by atoms with Crippen LogP contribution in [0.25, 0.3) is 0 Å². The second kappa shape index (κ2) is 6.43. The van der Waals surface area contributed by atoms with E-state index < -0.39 is 6.61 Å². The van der Waals surface area contributed by atoms with Crippen LogP contribution >= 0.6 is 11.6 Å². The van der Waals surface area contributed by atoms with Gasteiger partial charge in [0.15, 0.2) is 0 Å². The number of alkyl halides is 2. The molecule has 0 aliphatic rings. The number of phenols is 1. The summed E-state index contributed by atoms with van der Waals surface area (Å²) in [5.41, 5.74) is 1.21. The summed E-state index contributed by atoms with van der Waals surface area (Å²) >= 11 is 5.84. The maximum absolute atomic E-state index is 12.1. The molecule has 0 aromatic heterocycles. The molecule has 0 unspecified atom stereocenters. The highest BCUT2D eigenvalue weighted by Gasteiger charge is 2.05. The Kier molecular flexibility index (Phi) is 4.63. The van der Waals surface area contributed by atoms with Crippen molar-refractivity contribution in [2.45, 2.75) is 13.2 Å². The highest BCUT2D eigenvalue weighted by Crippen LogP contribution is 2.24. The molecule has 0 aliphatic carbocycles. The lowest BCUT2D eigenvalue weighted by atomic mass is 10.2. The molecule has 2 rings (SSSR count). The maximum Gasteiger partial charge on any atom is 0.387 e. The van der Waals surface area contributed by atoms with E-state index in [1.807, 2.05) is 0 Å².